The highest BCUT2D eigenvalue weighted by Crippen LogP contribution is 2.37. The van der Waals surface area contributed by atoms with E-state index in [1.807, 2.05) is 0 Å². The van der Waals surface area contributed by atoms with Crippen LogP contribution in [-0.4, -0.2) is 14.7 Å². The zero-order chi connectivity index (χ0) is 14.2. The summed E-state index contributed by atoms with van der Waals surface area (Å²) in [6.45, 7) is 1.55. The van der Waals surface area contributed by atoms with Crippen LogP contribution in [-0.2, 0) is 7.05 Å². The molecule has 0 aliphatic carbocycles. The van der Waals surface area contributed by atoms with Crippen molar-refractivity contribution in [1.29, 1.82) is 0 Å². The maximum Gasteiger partial charge on any atom is 0.353 e. The van der Waals surface area contributed by atoms with Gasteiger partial charge in [0.05, 0.1) is 9.95 Å². The summed E-state index contributed by atoms with van der Waals surface area (Å²) < 4.78 is 7.62. The average Bonchev–Trinajstić information content (AvgIpc) is 2.57. The molecule has 1 aromatic heterocycles. The summed E-state index contributed by atoms with van der Waals surface area (Å²) in [6.07, 6.45) is 0. The average molecular weight is 347 g/mol. The van der Waals surface area contributed by atoms with Crippen LogP contribution in [0.5, 0.6) is 11.6 Å². The van der Waals surface area contributed by atoms with Gasteiger partial charge in [0.25, 0.3) is 5.88 Å². The first kappa shape index (κ1) is 13.8. The Bertz CT molecular complexity index is 657. The molecule has 1 aromatic carbocycles. The second-order valence-corrected chi connectivity index (χ2v) is 5.12. The molecule has 2 aromatic rings. The molecule has 0 aliphatic heterocycles. The number of hydrogen-bond acceptors (Lipinski definition) is 4. The Hall–Kier alpha value is -1.60. The molecule has 2 rings (SSSR count). The molecule has 8 heteroatoms. The predicted octanol–water partition coefficient (Wildman–Crippen LogP) is 3.84. The van der Waals surface area contributed by atoms with Gasteiger partial charge in [-0.25, -0.2) is 4.68 Å². The van der Waals surface area contributed by atoms with E-state index in [9.17, 15) is 10.1 Å². The van der Waals surface area contributed by atoms with E-state index in [1.165, 1.54) is 4.68 Å². The van der Waals surface area contributed by atoms with E-state index in [4.69, 9.17) is 16.3 Å². The Kier molecular flexibility index (Phi) is 3.77. The zero-order valence-electron chi connectivity index (χ0n) is 10.1. The first-order chi connectivity index (χ1) is 8.90. The van der Waals surface area contributed by atoms with Gasteiger partial charge in [-0.2, -0.15) is 5.10 Å². The van der Waals surface area contributed by atoms with Crippen molar-refractivity contribution in [3.63, 3.8) is 0 Å². The van der Waals surface area contributed by atoms with Gasteiger partial charge in [-0.15, -0.1) is 0 Å². The van der Waals surface area contributed by atoms with Crippen LogP contribution in [0.25, 0.3) is 0 Å². The number of aromatic nitrogens is 2. The van der Waals surface area contributed by atoms with Crippen molar-refractivity contribution in [2.24, 2.45) is 7.05 Å². The van der Waals surface area contributed by atoms with Gasteiger partial charge in [-0.05, 0) is 25.1 Å². The summed E-state index contributed by atoms with van der Waals surface area (Å²) in [5.41, 5.74) is 0.122. The van der Waals surface area contributed by atoms with Crippen molar-refractivity contribution < 1.29 is 9.66 Å². The topological polar surface area (TPSA) is 70.2 Å². The number of nitrogens with zero attached hydrogens (tertiary/aromatic N) is 3. The minimum absolute atomic E-state index is 0.0479. The van der Waals surface area contributed by atoms with Gasteiger partial charge >= 0.3 is 5.69 Å². The zero-order valence-corrected chi connectivity index (χ0v) is 12.4. The highest BCUT2D eigenvalue weighted by Gasteiger charge is 2.26. The molecule has 19 heavy (non-hydrogen) atoms. The van der Waals surface area contributed by atoms with Gasteiger partial charge in [0, 0.05) is 11.5 Å². The second-order valence-electron chi connectivity index (χ2n) is 3.80. The molecule has 0 atom stereocenters. The van der Waals surface area contributed by atoms with Gasteiger partial charge in [-0.1, -0.05) is 27.5 Å². The molecule has 1 heterocycles. The van der Waals surface area contributed by atoms with Gasteiger partial charge in [0.2, 0.25) is 0 Å². The monoisotopic (exact) mass is 345 g/mol. The van der Waals surface area contributed by atoms with Crippen LogP contribution in [0.2, 0.25) is 5.02 Å². The summed E-state index contributed by atoms with van der Waals surface area (Å²) in [6, 6.07) is 5.00. The molecule has 100 valence electrons. The predicted molar refractivity (Wildman–Crippen MR) is 73.8 cm³/mol. The standard InChI is InChI=1S/C11H9BrClN3O3/c1-6-10(16(17)18)11(15(2)14-6)19-9-4-3-7(12)5-8(9)13/h3-5H,1-2H3. The van der Waals surface area contributed by atoms with E-state index in [0.29, 0.717) is 10.8 Å². The van der Waals surface area contributed by atoms with E-state index in [0.717, 1.165) is 4.47 Å². The maximum atomic E-state index is 11.0. The highest BCUT2D eigenvalue weighted by atomic mass is 79.9. The summed E-state index contributed by atoms with van der Waals surface area (Å²) in [5.74, 6) is 0.377. The molecule has 0 bridgehead atoms. The van der Waals surface area contributed by atoms with E-state index in [1.54, 1.807) is 32.2 Å². The van der Waals surface area contributed by atoms with E-state index in [-0.39, 0.29) is 17.3 Å². The fourth-order valence-electron chi connectivity index (χ4n) is 1.61. The third-order valence-electron chi connectivity index (χ3n) is 2.42. The summed E-state index contributed by atoms with van der Waals surface area (Å²) in [7, 11) is 1.57. The number of ether oxygens (including phenoxy) is 1. The molecular formula is C11H9BrClN3O3. The SMILES string of the molecule is Cc1nn(C)c(Oc2ccc(Br)cc2Cl)c1[N+](=O)[O-]. The number of hydrogen-bond donors (Lipinski definition) is 0. The Morgan fingerprint density at radius 3 is 2.79 bits per heavy atom. The van der Waals surface area contributed by atoms with Crippen LogP contribution < -0.4 is 4.74 Å². The summed E-state index contributed by atoms with van der Waals surface area (Å²) >= 11 is 9.29. The van der Waals surface area contributed by atoms with E-state index >= 15 is 0 Å². The fraction of sp³-hybridized carbons (Fsp3) is 0.182. The molecule has 0 unspecified atom stereocenters. The quantitative estimate of drug-likeness (QED) is 0.625. The Morgan fingerprint density at radius 2 is 2.21 bits per heavy atom. The highest BCUT2D eigenvalue weighted by molar-refractivity contribution is 9.10. The Morgan fingerprint density at radius 1 is 1.53 bits per heavy atom. The molecule has 0 fully saturated rings. The molecule has 6 nitrogen and oxygen atoms in total. The number of rotatable bonds is 3. The minimum Gasteiger partial charge on any atom is -0.432 e. The van der Waals surface area contributed by atoms with Crippen LogP contribution in [0.15, 0.2) is 22.7 Å². The van der Waals surface area contributed by atoms with Crippen molar-refractivity contribution in [2.75, 3.05) is 0 Å². The summed E-state index contributed by atoms with van der Waals surface area (Å²) in [5, 5.41) is 15.3. The molecule has 0 saturated heterocycles. The van der Waals surface area contributed by atoms with Crippen LogP contribution in [0.4, 0.5) is 5.69 Å². The number of aryl methyl sites for hydroxylation is 2. The lowest BCUT2D eigenvalue weighted by Gasteiger charge is -2.07. The van der Waals surface area contributed by atoms with Crippen molar-refractivity contribution in [2.45, 2.75) is 6.92 Å². The van der Waals surface area contributed by atoms with Gasteiger partial charge in [-0.3, -0.25) is 10.1 Å². The van der Waals surface area contributed by atoms with Crippen molar-refractivity contribution in [3.8, 4) is 11.6 Å². The van der Waals surface area contributed by atoms with E-state index < -0.39 is 4.92 Å². The first-order valence-corrected chi connectivity index (χ1v) is 6.38. The molecule has 0 spiro atoms. The van der Waals surface area contributed by atoms with Crippen LogP contribution in [0.3, 0.4) is 0 Å². The maximum absolute atomic E-state index is 11.0. The lowest BCUT2D eigenvalue weighted by molar-refractivity contribution is -0.386. The molecule has 0 amide bonds. The smallest absolute Gasteiger partial charge is 0.353 e. The first-order valence-electron chi connectivity index (χ1n) is 5.21. The second kappa shape index (κ2) is 5.18. The normalized spacial score (nSPS) is 10.5. The van der Waals surface area contributed by atoms with Crippen molar-refractivity contribution in [1.82, 2.24) is 9.78 Å². The fourth-order valence-corrected chi connectivity index (χ4v) is 2.32. The Balaban J connectivity index is 2.46. The molecule has 0 radical (unpaired) electrons. The Labute approximate surface area is 122 Å². The number of nitro groups is 1. The van der Waals surface area contributed by atoms with Gasteiger partial charge in [0.1, 0.15) is 11.4 Å². The third-order valence-corrected chi connectivity index (χ3v) is 3.21. The van der Waals surface area contributed by atoms with Crippen molar-refractivity contribution in [3.05, 3.63) is 43.5 Å². The molecule has 0 aliphatic rings. The van der Waals surface area contributed by atoms with E-state index in [2.05, 4.69) is 21.0 Å². The van der Waals surface area contributed by atoms with Gasteiger partial charge in [0.15, 0.2) is 0 Å². The molecular weight excluding hydrogens is 337 g/mol. The third kappa shape index (κ3) is 2.71. The summed E-state index contributed by atoms with van der Waals surface area (Å²) in [4.78, 5) is 10.5. The lowest BCUT2D eigenvalue weighted by Crippen LogP contribution is -1.97. The molecule has 0 N–H and O–H groups in total. The van der Waals surface area contributed by atoms with Crippen molar-refractivity contribution >= 4 is 33.2 Å². The lowest BCUT2D eigenvalue weighted by atomic mass is 10.3. The van der Waals surface area contributed by atoms with Crippen LogP contribution in [0, 0.1) is 17.0 Å². The largest absolute Gasteiger partial charge is 0.432 e. The number of benzene rings is 1. The van der Waals surface area contributed by atoms with Crippen LogP contribution in [0.1, 0.15) is 5.69 Å². The van der Waals surface area contributed by atoms with Gasteiger partial charge < -0.3 is 4.74 Å². The van der Waals surface area contributed by atoms with Crippen LogP contribution >= 0.6 is 27.5 Å². The minimum atomic E-state index is -0.523. The molecule has 0 saturated carbocycles. The number of halogens is 2.